The van der Waals surface area contributed by atoms with Crippen LogP contribution in [0.3, 0.4) is 0 Å². The number of amides is 1. The van der Waals surface area contributed by atoms with Gasteiger partial charge in [0, 0.05) is 16.8 Å². The summed E-state index contributed by atoms with van der Waals surface area (Å²) in [5.41, 5.74) is 0. The molecule has 0 unspecified atom stereocenters. The molecule has 0 radical (unpaired) electrons. The molecule has 3 nitrogen and oxygen atoms in total. The van der Waals surface area contributed by atoms with Crippen LogP contribution in [0.1, 0.15) is 14.5 Å². The monoisotopic (exact) mass is 315 g/mol. The Labute approximate surface area is 129 Å². The van der Waals surface area contributed by atoms with E-state index in [1.807, 2.05) is 35.7 Å². The predicted molar refractivity (Wildman–Crippen MR) is 88.5 cm³/mol. The largest absolute Gasteiger partial charge is 0.351 e. The average molecular weight is 315 g/mol. The molecule has 0 aliphatic heterocycles. The number of benzene rings is 1. The zero-order chi connectivity index (χ0) is 14.7. The molecule has 0 saturated carbocycles. The standard InChI is InChI=1S/C16H13NO2S2/c18-15(17-8-7-12-5-3-9-20-12)14-10-11-4-1-2-6-13(11)16(19)21-14/h1-6,9-10H,7-8H2,(H,17,18). The van der Waals surface area contributed by atoms with Crippen molar-refractivity contribution in [1.82, 2.24) is 5.32 Å². The number of nitrogens with one attached hydrogen (secondary N) is 1. The summed E-state index contributed by atoms with van der Waals surface area (Å²) in [7, 11) is 0. The van der Waals surface area contributed by atoms with Crippen LogP contribution in [0.2, 0.25) is 0 Å². The van der Waals surface area contributed by atoms with Crippen molar-refractivity contribution >= 4 is 39.4 Å². The van der Waals surface area contributed by atoms with Crippen molar-refractivity contribution in [3.63, 3.8) is 0 Å². The van der Waals surface area contributed by atoms with E-state index in [0.29, 0.717) is 16.8 Å². The van der Waals surface area contributed by atoms with E-state index in [1.54, 1.807) is 23.5 Å². The summed E-state index contributed by atoms with van der Waals surface area (Å²) in [4.78, 5) is 25.8. The van der Waals surface area contributed by atoms with E-state index in [0.717, 1.165) is 23.1 Å². The van der Waals surface area contributed by atoms with Gasteiger partial charge in [0.05, 0.1) is 4.88 Å². The van der Waals surface area contributed by atoms with Gasteiger partial charge in [0.25, 0.3) is 5.91 Å². The fourth-order valence-corrected chi connectivity index (χ4v) is 3.64. The number of carbonyl (C=O) groups is 1. The first-order valence-corrected chi connectivity index (χ1v) is 8.27. The quantitative estimate of drug-likeness (QED) is 0.803. The maximum absolute atomic E-state index is 12.1. The lowest BCUT2D eigenvalue weighted by Gasteiger charge is -2.04. The molecule has 1 amide bonds. The van der Waals surface area contributed by atoms with Crippen LogP contribution in [0, 0.1) is 0 Å². The highest BCUT2D eigenvalue weighted by Gasteiger charge is 2.09. The molecule has 0 aliphatic rings. The highest BCUT2D eigenvalue weighted by molar-refractivity contribution is 7.12. The van der Waals surface area contributed by atoms with Crippen molar-refractivity contribution in [1.29, 1.82) is 0 Å². The summed E-state index contributed by atoms with van der Waals surface area (Å²) in [6.45, 7) is 0.576. The maximum Gasteiger partial charge on any atom is 0.261 e. The Hall–Kier alpha value is -1.98. The molecule has 3 rings (SSSR count). The van der Waals surface area contributed by atoms with Crippen LogP contribution >= 0.6 is 22.7 Å². The van der Waals surface area contributed by atoms with Gasteiger partial charge in [0.2, 0.25) is 4.74 Å². The Morgan fingerprint density at radius 1 is 1.14 bits per heavy atom. The molecule has 5 heteroatoms. The molecule has 1 aromatic carbocycles. The second-order valence-corrected chi connectivity index (χ2v) is 6.62. The van der Waals surface area contributed by atoms with Crippen LogP contribution in [0.5, 0.6) is 0 Å². The predicted octanol–water partition coefficient (Wildman–Crippen LogP) is 3.30. The van der Waals surface area contributed by atoms with Gasteiger partial charge < -0.3 is 5.32 Å². The SMILES string of the molecule is O=C(NCCc1cccs1)c1cc2ccccc2c(=O)s1. The van der Waals surface area contributed by atoms with E-state index in [2.05, 4.69) is 5.32 Å². The molecular formula is C16H13NO2S2. The third kappa shape index (κ3) is 3.20. The summed E-state index contributed by atoms with van der Waals surface area (Å²) in [6.07, 6.45) is 0.811. The highest BCUT2D eigenvalue weighted by Crippen LogP contribution is 2.15. The Morgan fingerprint density at radius 3 is 2.81 bits per heavy atom. The summed E-state index contributed by atoms with van der Waals surface area (Å²) < 4.78 is -0.0727. The number of carbonyl (C=O) groups excluding carboxylic acids is 1. The maximum atomic E-state index is 12.1. The number of fused-ring (bicyclic) bond motifs is 1. The molecule has 0 saturated heterocycles. The molecule has 0 atom stereocenters. The van der Waals surface area contributed by atoms with E-state index in [-0.39, 0.29) is 10.6 Å². The minimum atomic E-state index is -0.181. The summed E-state index contributed by atoms with van der Waals surface area (Å²) in [6, 6.07) is 13.2. The zero-order valence-corrected chi connectivity index (χ0v) is 12.8. The topological polar surface area (TPSA) is 46.2 Å². The molecule has 0 bridgehead atoms. The van der Waals surface area contributed by atoms with Crippen molar-refractivity contribution < 1.29 is 4.79 Å². The van der Waals surface area contributed by atoms with Gasteiger partial charge in [-0.25, -0.2) is 0 Å². The Kier molecular flexibility index (Phi) is 4.13. The van der Waals surface area contributed by atoms with Gasteiger partial charge in [-0.3, -0.25) is 9.59 Å². The summed E-state index contributed by atoms with van der Waals surface area (Å²) in [5, 5.41) is 6.36. The first-order chi connectivity index (χ1) is 10.2. The van der Waals surface area contributed by atoms with E-state index < -0.39 is 0 Å². The van der Waals surface area contributed by atoms with Crippen molar-refractivity contribution in [2.45, 2.75) is 6.42 Å². The first kappa shape index (κ1) is 14.0. The Bertz CT molecular complexity index is 822. The Balaban J connectivity index is 1.74. The zero-order valence-electron chi connectivity index (χ0n) is 11.2. The smallest absolute Gasteiger partial charge is 0.261 e. The fourth-order valence-electron chi connectivity index (χ4n) is 2.09. The first-order valence-electron chi connectivity index (χ1n) is 6.57. The average Bonchev–Trinajstić information content (AvgIpc) is 3.00. The molecule has 3 aromatic rings. The molecule has 2 heterocycles. The molecule has 0 fully saturated rings. The third-order valence-corrected chi connectivity index (χ3v) is 5.00. The lowest BCUT2D eigenvalue weighted by Crippen LogP contribution is -2.25. The number of thiophene rings is 1. The molecule has 1 N–H and O–H groups in total. The van der Waals surface area contributed by atoms with Gasteiger partial charge in [-0.2, -0.15) is 0 Å². The van der Waals surface area contributed by atoms with Crippen LogP contribution in [0.25, 0.3) is 10.8 Å². The third-order valence-electron chi connectivity index (χ3n) is 3.13. The summed E-state index contributed by atoms with van der Waals surface area (Å²) in [5.74, 6) is -0.181. The molecular weight excluding hydrogens is 302 g/mol. The van der Waals surface area contributed by atoms with Crippen LogP contribution in [0.15, 0.2) is 52.6 Å². The van der Waals surface area contributed by atoms with Gasteiger partial charge in [-0.05, 0) is 35.4 Å². The van der Waals surface area contributed by atoms with Gasteiger partial charge in [-0.1, -0.05) is 35.6 Å². The molecule has 106 valence electrons. The number of hydrogen-bond donors (Lipinski definition) is 1. The van der Waals surface area contributed by atoms with Crippen LogP contribution < -0.4 is 10.1 Å². The molecule has 0 spiro atoms. The van der Waals surface area contributed by atoms with Gasteiger partial charge in [0.15, 0.2) is 0 Å². The lowest BCUT2D eigenvalue weighted by atomic mass is 10.2. The second kappa shape index (κ2) is 6.20. The van der Waals surface area contributed by atoms with Gasteiger partial charge in [0.1, 0.15) is 0 Å². The molecule has 2 aromatic heterocycles. The molecule has 21 heavy (non-hydrogen) atoms. The van der Waals surface area contributed by atoms with Crippen molar-refractivity contribution in [2.75, 3.05) is 6.54 Å². The number of hydrogen-bond acceptors (Lipinski definition) is 4. The van der Waals surface area contributed by atoms with E-state index in [1.165, 1.54) is 4.88 Å². The number of rotatable bonds is 4. The Morgan fingerprint density at radius 2 is 2.00 bits per heavy atom. The van der Waals surface area contributed by atoms with E-state index in [4.69, 9.17) is 0 Å². The van der Waals surface area contributed by atoms with Crippen LogP contribution in [-0.4, -0.2) is 12.5 Å². The summed E-state index contributed by atoms with van der Waals surface area (Å²) >= 11 is 2.67. The van der Waals surface area contributed by atoms with Crippen molar-refractivity contribution in [2.24, 2.45) is 0 Å². The van der Waals surface area contributed by atoms with E-state index in [9.17, 15) is 9.59 Å². The second-order valence-electron chi connectivity index (χ2n) is 4.57. The minimum absolute atomic E-state index is 0.0727. The van der Waals surface area contributed by atoms with Crippen LogP contribution in [0.4, 0.5) is 0 Å². The van der Waals surface area contributed by atoms with Gasteiger partial charge in [-0.15, -0.1) is 11.3 Å². The van der Waals surface area contributed by atoms with Crippen molar-refractivity contribution in [3.05, 3.63) is 67.1 Å². The normalized spacial score (nSPS) is 10.7. The fraction of sp³-hybridized carbons (Fsp3) is 0.125. The highest BCUT2D eigenvalue weighted by atomic mass is 32.1. The molecule has 0 aliphatic carbocycles. The van der Waals surface area contributed by atoms with E-state index >= 15 is 0 Å². The van der Waals surface area contributed by atoms with Gasteiger partial charge >= 0.3 is 0 Å². The minimum Gasteiger partial charge on any atom is -0.351 e. The van der Waals surface area contributed by atoms with Crippen molar-refractivity contribution in [3.8, 4) is 0 Å². The lowest BCUT2D eigenvalue weighted by molar-refractivity contribution is 0.0958. The van der Waals surface area contributed by atoms with Crippen LogP contribution in [-0.2, 0) is 6.42 Å².